The molecular formula is C25H26NO8S-. The molecule has 2 aromatic rings. The van der Waals surface area contributed by atoms with E-state index in [1.807, 2.05) is 0 Å². The molecule has 10 heteroatoms. The third-order valence-corrected chi connectivity index (χ3v) is 5.64. The second-order valence-electron chi connectivity index (χ2n) is 7.39. The Bertz CT molecular complexity index is 1070. The number of ether oxygens (including phenoxy) is 2. The van der Waals surface area contributed by atoms with Crippen molar-refractivity contribution in [3.63, 3.8) is 0 Å². The predicted octanol–water partition coefficient (Wildman–Crippen LogP) is 1.48. The number of phenolic OH excluding ortho intramolecular Hbond substituents is 1. The first-order valence-electron chi connectivity index (χ1n) is 10.6. The lowest BCUT2D eigenvalue weighted by Crippen LogP contribution is -2.49. The molecule has 9 nitrogen and oxygen atoms in total. The van der Waals surface area contributed by atoms with Crippen LogP contribution < -0.4 is 15.2 Å². The number of carboxylic acid groups (broad SMARTS) is 1. The molecule has 0 aromatic heterocycles. The van der Waals surface area contributed by atoms with E-state index >= 15 is 0 Å². The van der Waals surface area contributed by atoms with Gasteiger partial charge in [0.05, 0.1) is 24.0 Å². The molecule has 1 amide bonds. The number of carbonyl (C=O) groups is 4. The summed E-state index contributed by atoms with van der Waals surface area (Å²) in [4.78, 5) is 46.9. The Labute approximate surface area is 207 Å². The second kappa shape index (κ2) is 13.8. The number of benzene rings is 2. The maximum atomic E-state index is 12.5. The lowest BCUT2D eigenvalue weighted by atomic mass is 10.0. The van der Waals surface area contributed by atoms with Crippen LogP contribution in [0.5, 0.6) is 11.5 Å². The highest BCUT2D eigenvalue weighted by atomic mass is 32.2. The molecule has 0 aliphatic rings. The minimum absolute atomic E-state index is 0.0317. The molecule has 0 aliphatic heterocycles. The molecule has 0 radical (unpaired) electrons. The standard InChI is InChI=1S/C25H27NO8S/c1-16(2)24(30)26-20(25(31)32)15-35-13-10-22(28)34-12-11-33-18-8-9-19(21(27)14-18)23(29)17-6-4-3-5-7-17/h3-9,14,20,27H,1,10-13,15H2,2H3,(H,26,30)(H,31,32)/p-1. The van der Waals surface area contributed by atoms with Gasteiger partial charge in [-0.3, -0.25) is 14.4 Å². The number of carbonyl (C=O) groups excluding carboxylic acids is 4. The van der Waals surface area contributed by atoms with Crippen LogP contribution in [-0.4, -0.2) is 59.5 Å². The molecule has 35 heavy (non-hydrogen) atoms. The second-order valence-corrected chi connectivity index (χ2v) is 8.54. The van der Waals surface area contributed by atoms with Gasteiger partial charge in [0.15, 0.2) is 5.78 Å². The van der Waals surface area contributed by atoms with E-state index in [0.29, 0.717) is 11.3 Å². The molecule has 2 aromatic carbocycles. The van der Waals surface area contributed by atoms with Gasteiger partial charge >= 0.3 is 5.97 Å². The molecule has 0 spiro atoms. The first kappa shape index (κ1) is 27.5. The highest BCUT2D eigenvalue weighted by Crippen LogP contribution is 2.26. The first-order valence-corrected chi connectivity index (χ1v) is 11.8. The molecule has 1 atom stereocenters. The van der Waals surface area contributed by atoms with Gasteiger partial charge in [0.1, 0.15) is 24.7 Å². The number of phenols is 1. The van der Waals surface area contributed by atoms with Crippen molar-refractivity contribution in [2.75, 3.05) is 24.7 Å². The van der Waals surface area contributed by atoms with Gasteiger partial charge in [-0.1, -0.05) is 36.9 Å². The van der Waals surface area contributed by atoms with Gasteiger partial charge in [0.2, 0.25) is 5.91 Å². The minimum atomic E-state index is -1.42. The minimum Gasteiger partial charge on any atom is -0.548 e. The summed E-state index contributed by atoms with van der Waals surface area (Å²) < 4.78 is 10.5. The maximum absolute atomic E-state index is 12.5. The molecule has 0 saturated carbocycles. The van der Waals surface area contributed by atoms with E-state index in [1.54, 1.807) is 30.3 Å². The van der Waals surface area contributed by atoms with Crippen LogP contribution in [-0.2, 0) is 19.1 Å². The van der Waals surface area contributed by atoms with Gasteiger partial charge < -0.3 is 29.8 Å². The van der Waals surface area contributed by atoms with Crippen molar-refractivity contribution in [3.8, 4) is 11.5 Å². The van der Waals surface area contributed by atoms with E-state index in [1.165, 1.54) is 25.1 Å². The Morgan fingerprint density at radius 2 is 1.83 bits per heavy atom. The van der Waals surface area contributed by atoms with Crippen molar-refractivity contribution in [1.29, 1.82) is 0 Å². The number of rotatable bonds is 14. The summed E-state index contributed by atoms with van der Waals surface area (Å²) in [6, 6.07) is 11.7. The molecule has 0 fully saturated rings. The number of ketones is 1. The Morgan fingerprint density at radius 3 is 2.46 bits per heavy atom. The summed E-state index contributed by atoms with van der Waals surface area (Å²) in [6.07, 6.45) is 0.0376. The van der Waals surface area contributed by atoms with Crippen molar-refractivity contribution in [2.45, 2.75) is 19.4 Å². The van der Waals surface area contributed by atoms with Crippen LogP contribution in [0.15, 0.2) is 60.7 Å². The number of aromatic hydroxyl groups is 1. The molecular weight excluding hydrogens is 474 g/mol. The molecule has 0 saturated heterocycles. The average molecular weight is 501 g/mol. The molecule has 0 aliphatic carbocycles. The third kappa shape index (κ3) is 9.17. The number of esters is 1. The normalized spacial score (nSPS) is 11.2. The van der Waals surface area contributed by atoms with Crippen molar-refractivity contribution in [2.24, 2.45) is 0 Å². The van der Waals surface area contributed by atoms with Crippen LogP contribution >= 0.6 is 11.8 Å². The van der Waals surface area contributed by atoms with E-state index < -0.39 is 23.9 Å². The summed E-state index contributed by atoms with van der Waals surface area (Å²) in [5, 5.41) is 23.6. The van der Waals surface area contributed by atoms with Crippen LogP contribution in [0.25, 0.3) is 0 Å². The fourth-order valence-corrected chi connectivity index (χ4v) is 3.67. The quantitative estimate of drug-likeness (QED) is 0.171. The average Bonchev–Trinajstić information content (AvgIpc) is 2.83. The summed E-state index contributed by atoms with van der Waals surface area (Å²) in [5.41, 5.74) is 0.778. The van der Waals surface area contributed by atoms with E-state index in [-0.39, 0.29) is 53.8 Å². The highest BCUT2D eigenvalue weighted by Gasteiger charge is 2.15. The van der Waals surface area contributed by atoms with Crippen molar-refractivity contribution in [1.82, 2.24) is 5.32 Å². The Balaban J connectivity index is 1.68. The third-order valence-electron chi connectivity index (χ3n) is 4.58. The Kier molecular flexibility index (Phi) is 10.8. The van der Waals surface area contributed by atoms with Crippen molar-refractivity contribution in [3.05, 3.63) is 71.8 Å². The number of thioether (sulfide) groups is 1. The zero-order valence-corrected chi connectivity index (χ0v) is 20.0. The Morgan fingerprint density at radius 1 is 1.11 bits per heavy atom. The van der Waals surface area contributed by atoms with Crippen LogP contribution in [0, 0.1) is 0 Å². The summed E-state index contributed by atoms with van der Waals surface area (Å²) in [5.74, 6) is -2.40. The molecule has 0 heterocycles. The predicted molar refractivity (Wildman–Crippen MR) is 128 cm³/mol. The lowest BCUT2D eigenvalue weighted by Gasteiger charge is -2.19. The van der Waals surface area contributed by atoms with Crippen molar-refractivity contribution >= 4 is 35.4 Å². The molecule has 186 valence electrons. The van der Waals surface area contributed by atoms with Crippen LogP contribution in [0.3, 0.4) is 0 Å². The van der Waals surface area contributed by atoms with E-state index in [2.05, 4.69) is 11.9 Å². The van der Waals surface area contributed by atoms with Gasteiger partial charge in [0.25, 0.3) is 0 Å². The van der Waals surface area contributed by atoms with Crippen LogP contribution in [0.2, 0.25) is 0 Å². The van der Waals surface area contributed by atoms with E-state index in [9.17, 15) is 29.4 Å². The van der Waals surface area contributed by atoms with Crippen LogP contribution in [0.1, 0.15) is 29.3 Å². The van der Waals surface area contributed by atoms with Gasteiger partial charge in [-0.2, -0.15) is 11.8 Å². The largest absolute Gasteiger partial charge is 0.548 e. The molecule has 2 N–H and O–H groups in total. The van der Waals surface area contributed by atoms with E-state index in [0.717, 1.165) is 11.8 Å². The Hall–Kier alpha value is -3.79. The fourth-order valence-electron chi connectivity index (χ4n) is 2.73. The summed E-state index contributed by atoms with van der Waals surface area (Å²) in [7, 11) is 0. The summed E-state index contributed by atoms with van der Waals surface area (Å²) in [6.45, 7) is 4.89. The topological polar surface area (TPSA) is 142 Å². The number of carboxylic acids is 1. The molecule has 0 bridgehead atoms. The maximum Gasteiger partial charge on any atom is 0.306 e. The van der Waals surface area contributed by atoms with Gasteiger partial charge in [0, 0.05) is 28.7 Å². The van der Waals surface area contributed by atoms with E-state index in [4.69, 9.17) is 9.47 Å². The zero-order valence-electron chi connectivity index (χ0n) is 19.2. The molecule has 2 rings (SSSR count). The number of hydrogen-bond acceptors (Lipinski definition) is 9. The van der Waals surface area contributed by atoms with Gasteiger partial charge in [-0.15, -0.1) is 0 Å². The first-order chi connectivity index (χ1) is 16.7. The van der Waals surface area contributed by atoms with Crippen LogP contribution in [0.4, 0.5) is 0 Å². The summed E-state index contributed by atoms with van der Waals surface area (Å²) >= 11 is 1.16. The van der Waals surface area contributed by atoms with Gasteiger partial charge in [-0.25, -0.2) is 0 Å². The van der Waals surface area contributed by atoms with Gasteiger partial charge in [-0.05, 0) is 19.1 Å². The zero-order chi connectivity index (χ0) is 25.8. The smallest absolute Gasteiger partial charge is 0.306 e. The SMILES string of the molecule is C=C(C)C(=O)NC(CSCCC(=O)OCCOc1ccc(C(=O)c2ccccc2)c(O)c1)C(=O)[O-]. The number of nitrogens with one attached hydrogen (secondary N) is 1. The van der Waals surface area contributed by atoms with Crippen molar-refractivity contribution < 1.29 is 38.9 Å². The highest BCUT2D eigenvalue weighted by molar-refractivity contribution is 7.99. The number of hydrogen-bond donors (Lipinski definition) is 2. The lowest BCUT2D eigenvalue weighted by molar-refractivity contribution is -0.307. The fraction of sp³-hybridized carbons (Fsp3) is 0.280. The number of aliphatic carboxylic acids is 1. The molecule has 1 unspecified atom stereocenters. The monoisotopic (exact) mass is 500 g/mol. The number of amides is 1.